The Balaban J connectivity index is 1.98. The summed E-state index contributed by atoms with van der Waals surface area (Å²) in [4.78, 5) is 28.2. The molecule has 0 radical (unpaired) electrons. The van der Waals surface area contributed by atoms with Gasteiger partial charge in [-0.15, -0.1) is 11.3 Å². The van der Waals surface area contributed by atoms with Crippen molar-refractivity contribution in [1.82, 2.24) is 10.2 Å². The fourth-order valence-electron chi connectivity index (χ4n) is 2.68. The number of hydrogen-bond acceptors (Lipinski definition) is 3. The van der Waals surface area contributed by atoms with Crippen molar-refractivity contribution in [3.8, 4) is 10.4 Å². The van der Waals surface area contributed by atoms with Crippen molar-refractivity contribution in [3.63, 3.8) is 0 Å². The quantitative estimate of drug-likeness (QED) is 0.680. The first kappa shape index (κ1) is 21.1. The van der Waals surface area contributed by atoms with E-state index in [0.717, 1.165) is 21.7 Å². The number of rotatable bonds is 9. The van der Waals surface area contributed by atoms with Crippen molar-refractivity contribution in [3.05, 3.63) is 47.1 Å². The summed E-state index contributed by atoms with van der Waals surface area (Å²) >= 11 is 1.59. The number of thiophene rings is 1. The molecule has 0 spiro atoms. The molecule has 0 saturated heterocycles. The Morgan fingerprint density at radius 1 is 1.11 bits per heavy atom. The maximum absolute atomic E-state index is 13.1. The second kappa shape index (κ2) is 10.2. The monoisotopic (exact) mass is 390 g/mol. The lowest BCUT2D eigenvalue weighted by atomic mass is 10.2. The van der Waals surface area contributed by atoms with Crippen molar-refractivity contribution in [2.45, 2.75) is 52.6 Å². The van der Waals surface area contributed by atoms with Crippen molar-refractivity contribution >= 4 is 23.2 Å². The molecular weight excluding hydrogens is 363 g/mol. The van der Waals surface area contributed by atoms with Gasteiger partial charge in [0.2, 0.25) is 11.8 Å². The lowest BCUT2D eigenvalue weighted by molar-refractivity contribution is -0.135. The van der Waals surface area contributed by atoms with Gasteiger partial charge < -0.3 is 10.2 Å². The second-order valence-corrected chi connectivity index (χ2v) is 7.91. The summed E-state index contributed by atoms with van der Waals surface area (Å²) in [5, 5.41) is 2.80. The van der Waals surface area contributed by atoms with Crippen LogP contribution < -0.4 is 5.32 Å². The van der Waals surface area contributed by atoms with Gasteiger partial charge in [-0.1, -0.05) is 19.1 Å². The zero-order valence-corrected chi connectivity index (χ0v) is 16.9. The molecule has 0 atom stereocenters. The van der Waals surface area contributed by atoms with E-state index in [2.05, 4.69) is 5.32 Å². The highest BCUT2D eigenvalue weighted by Gasteiger charge is 2.19. The van der Waals surface area contributed by atoms with E-state index in [4.69, 9.17) is 0 Å². The Bertz CT molecular complexity index is 756. The van der Waals surface area contributed by atoms with Gasteiger partial charge in [0, 0.05) is 35.2 Å². The van der Waals surface area contributed by atoms with Gasteiger partial charge in [-0.3, -0.25) is 9.59 Å². The molecule has 1 aromatic heterocycles. The lowest BCUT2D eigenvalue weighted by Crippen LogP contribution is -2.37. The zero-order chi connectivity index (χ0) is 19.8. The molecule has 1 aromatic carbocycles. The van der Waals surface area contributed by atoms with Crippen LogP contribution in [0.2, 0.25) is 0 Å². The summed E-state index contributed by atoms with van der Waals surface area (Å²) in [6.07, 6.45) is 1.31. The van der Waals surface area contributed by atoms with Gasteiger partial charge in [-0.25, -0.2) is 4.39 Å². The summed E-state index contributed by atoms with van der Waals surface area (Å²) in [7, 11) is 0. The molecule has 0 fully saturated rings. The van der Waals surface area contributed by atoms with Gasteiger partial charge in [-0.05, 0) is 50.1 Å². The van der Waals surface area contributed by atoms with Crippen LogP contribution in [0.1, 0.15) is 44.9 Å². The molecule has 6 heteroatoms. The number of amides is 2. The molecule has 27 heavy (non-hydrogen) atoms. The number of carbonyl (C=O) groups is 2. The SMILES string of the molecule is CCCNC(=O)CCC(=O)N(Cc1ccc(-c2ccc(F)cc2)s1)C(C)C. The summed E-state index contributed by atoms with van der Waals surface area (Å²) in [5.41, 5.74) is 0.961. The van der Waals surface area contributed by atoms with Gasteiger partial charge in [0.1, 0.15) is 5.82 Å². The molecule has 0 saturated carbocycles. The van der Waals surface area contributed by atoms with E-state index in [1.807, 2.05) is 32.9 Å². The van der Waals surface area contributed by atoms with Crippen molar-refractivity contribution in [2.75, 3.05) is 6.54 Å². The maximum atomic E-state index is 13.1. The fraction of sp³-hybridized carbons (Fsp3) is 0.429. The molecule has 1 N–H and O–H groups in total. The van der Waals surface area contributed by atoms with E-state index in [1.165, 1.54) is 12.1 Å². The Labute approximate surface area is 164 Å². The van der Waals surface area contributed by atoms with Crippen LogP contribution in [-0.4, -0.2) is 29.3 Å². The first-order chi connectivity index (χ1) is 12.9. The van der Waals surface area contributed by atoms with Crippen molar-refractivity contribution < 1.29 is 14.0 Å². The fourth-order valence-corrected chi connectivity index (χ4v) is 3.69. The molecule has 0 bridgehead atoms. The van der Waals surface area contributed by atoms with Gasteiger partial charge >= 0.3 is 0 Å². The minimum Gasteiger partial charge on any atom is -0.356 e. The molecule has 0 unspecified atom stereocenters. The summed E-state index contributed by atoms with van der Waals surface area (Å²) in [5.74, 6) is -0.355. The van der Waals surface area contributed by atoms with E-state index < -0.39 is 0 Å². The minimum atomic E-state index is -0.255. The van der Waals surface area contributed by atoms with E-state index in [1.54, 1.807) is 28.4 Å². The third-order valence-corrected chi connectivity index (χ3v) is 5.32. The van der Waals surface area contributed by atoms with Crippen LogP contribution >= 0.6 is 11.3 Å². The summed E-state index contributed by atoms with van der Waals surface area (Å²) in [6, 6.07) is 10.4. The average molecular weight is 391 g/mol. The first-order valence-corrected chi connectivity index (χ1v) is 10.1. The molecule has 2 aromatic rings. The molecule has 2 amide bonds. The van der Waals surface area contributed by atoms with Crippen LogP contribution in [0.4, 0.5) is 4.39 Å². The highest BCUT2D eigenvalue weighted by molar-refractivity contribution is 7.15. The van der Waals surface area contributed by atoms with Crippen molar-refractivity contribution in [2.24, 2.45) is 0 Å². The highest BCUT2D eigenvalue weighted by atomic mass is 32.1. The van der Waals surface area contributed by atoms with E-state index >= 15 is 0 Å². The highest BCUT2D eigenvalue weighted by Crippen LogP contribution is 2.29. The summed E-state index contributed by atoms with van der Waals surface area (Å²) < 4.78 is 13.1. The zero-order valence-electron chi connectivity index (χ0n) is 16.1. The Kier molecular flexibility index (Phi) is 7.98. The number of nitrogens with one attached hydrogen (secondary N) is 1. The standard InChI is InChI=1S/C21H27FN2O2S/c1-4-13-23-20(25)11-12-21(26)24(15(2)3)14-18-9-10-19(27-18)16-5-7-17(22)8-6-16/h5-10,15H,4,11-14H2,1-3H3,(H,23,25). The molecule has 0 aliphatic carbocycles. The Morgan fingerprint density at radius 2 is 1.81 bits per heavy atom. The predicted octanol–water partition coefficient (Wildman–Crippen LogP) is 4.60. The molecule has 4 nitrogen and oxygen atoms in total. The van der Waals surface area contributed by atoms with Crippen LogP contribution in [0.15, 0.2) is 36.4 Å². The topological polar surface area (TPSA) is 49.4 Å². The van der Waals surface area contributed by atoms with Crippen LogP contribution in [0, 0.1) is 5.82 Å². The third-order valence-electron chi connectivity index (χ3n) is 4.20. The molecule has 0 aliphatic rings. The van der Waals surface area contributed by atoms with Gasteiger partial charge in [0.15, 0.2) is 0 Å². The van der Waals surface area contributed by atoms with Crippen LogP contribution in [0.3, 0.4) is 0 Å². The average Bonchev–Trinajstić information content (AvgIpc) is 3.11. The normalized spacial score (nSPS) is 10.9. The molecular formula is C21H27FN2O2S. The number of hydrogen-bond donors (Lipinski definition) is 1. The van der Waals surface area contributed by atoms with Crippen LogP contribution in [0.5, 0.6) is 0 Å². The largest absolute Gasteiger partial charge is 0.356 e. The number of carbonyl (C=O) groups excluding carboxylic acids is 2. The molecule has 146 valence electrons. The molecule has 0 aliphatic heterocycles. The predicted molar refractivity (Wildman–Crippen MR) is 108 cm³/mol. The first-order valence-electron chi connectivity index (χ1n) is 9.31. The van der Waals surface area contributed by atoms with E-state index in [9.17, 15) is 14.0 Å². The number of benzene rings is 1. The van der Waals surface area contributed by atoms with E-state index in [0.29, 0.717) is 13.1 Å². The molecule has 2 rings (SSSR count). The van der Waals surface area contributed by atoms with Gasteiger partial charge in [-0.2, -0.15) is 0 Å². The number of nitrogens with zero attached hydrogens (tertiary/aromatic N) is 1. The van der Waals surface area contributed by atoms with Crippen LogP contribution in [0.25, 0.3) is 10.4 Å². The lowest BCUT2D eigenvalue weighted by Gasteiger charge is -2.26. The summed E-state index contributed by atoms with van der Waals surface area (Å²) in [6.45, 7) is 7.10. The Hall–Kier alpha value is -2.21. The molecule has 1 heterocycles. The minimum absolute atomic E-state index is 0.0200. The van der Waals surface area contributed by atoms with Gasteiger partial charge in [0.25, 0.3) is 0 Å². The van der Waals surface area contributed by atoms with Crippen molar-refractivity contribution in [1.29, 1.82) is 0 Å². The van der Waals surface area contributed by atoms with E-state index in [-0.39, 0.29) is 36.5 Å². The third kappa shape index (κ3) is 6.47. The smallest absolute Gasteiger partial charge is 0.223 e. The van der Waals surface area contributed by atoms with Gasteiger partial charge in [0.05, 0.1) is 6.54 Å². The Morgan fingerprint density at radius 3 is 2.44 bits per heavy atom. The second-order valence-electron chi connectivity index (χ2n) is 6.74. The maximum Gasteiger partial charge on any atom is 0.223 e. The number of halogens is 1. The van der Waals surface area contributed by atoms with Crippen LogP contribution in [-0.2, 0) is 16.1 Å².